The maximum atomic E-state index is 13.3. The van der Waals surface area contributed by atoms with E-state index < -0.39 is 29.7 Å². The van der Waals surface area contributed by atoms with Crippen molar-refractivity contribution in [2.75, 3.05) is 19.6 Å². The summed E-state index contributed by atoms with van der Waals surface area (Å²) in [6.07, 6.45) is 8.73. The van der Waals surface area contributed by atoms with E-state index in [4.69, 9.17) is 0 Å². The third kappa shape index (κ3) is 7.11. The Kier molecular flexibility index (Phi) is 9.07. The molecule has 41 heavy (non-hydrogen) atoms. The monoisotopic (exact) mass is 582 g/mol. The van der Waals surface area contributed by atoms with E-state index in [1.54, 1.807) is 0 Å². The highest BCUT2D eigenvalue weighted by atomic mass is 19.4. The van der Waals surface area contributed by atoms with E-state index in [1.807, 2.05) is 0 Å². The fourth-order valence-corrected chi connectivity index (χ4v) is 7.34. The number of nitrogens with zero attached hydrogens (tertiary/aromatic N) is 1. The van der Waals surface area contributed by atoms with Gasteiger partial charge in [0.05, 0.1) is 11.1 Å². The quantitative estimate of drug-likeness (QED) is 0.241. The van der Waals surface area contributed by atoms with Gasteiger partial charge in [0, 0.05) is 17.9 Å². The Balaban J connectivity index is 1.22. The Labute approximate surface area is 238 Å². The summed E-state index contributed by atoms with van der Waals surface area (Å²) in [7, 11) is 0. The third-order valence-electron chi connectivity index (χ3n) is 9.70. The van der Waals surface area contributed by atoms with Crippen LogP contribution in [0.2, 0.25) is 0 Å². The molecule has 1 saturated heterocycles. The molecule has 226 valence electrons. The molecule has 2 atom stereocenters. The minimum absolute atomic E-state index is 0.124. The summed E-state index contributed by atoms with van der Waals surface area (Å²) in [4.78, 5) is 2.44. The van der Waals surface area contributed by atoms with E-state index in [9.17, 15) is 31.4 Å². The van der Waals surface area contributed by atoms with E-state index in [0.29, 0.717) is 0 Å². The van der Waals surface area contributed by atoms with Crippen LogP contribution in [-0.4, -0.2) is 35.9 Å². The number of hydrogen-bond acceptors (Lipinski definition) is 3. The molecule has 0 aromatic heterocycles. The van der Waals surface area contributed by atoms with Gasteiger partial charge in [-0.05, 0) is 92.6 Å². The van der Waals surface area contributed by atoms with Gasteiger partial charge < -0.3 is 10.0 Å². The van der Waals surface area contributed by atoms with Crippen molar-refractivity contribution in [3.63, 3.8) is 0 Å². The van der Waals surface area contributed by atoms with Gasteiger partial charge in [-0.2, -0.15) is 26.3 Å². The zero-order valence-electron chi connectivity index (χ0n) is 23.3. The van der Waals surface area contributed by atoms with Crippen LogP contribution in [0.5, 0.6) is 0 Å². The molecule has 0 amide bonds. The largest absolute Gasteiger partial charge is 0.416 e. The predicted octanol–water partition coefficient (Wildman–Crippen LogP) is 8.02. The van der Waals surface area contributed by atoms with E-state index in [0.717, 1.165) is 96.0 Å². The lowest BCUT2D eigenvalue weighted by Crippen LogP contribution is -2.44. The smallest absolute Gasteiger partial charge is 0.378 e. The molecule has 2 fully saturated rings. The average Bonchev–Trinajstić information content (AvgIpc) is 3.30. The highest BCUT2D eigenvalue weighted by Crippen LogP contribution is 2.48. The zero-order valence-corrected chi connectivity index (χ0v) is 23.3. The highest BCUT2D eigenvalue weighted by molar-refractivity contribution is 5.49. The number of fused-ring (bicyclic) bond motifs is 1. The molecule has 3 nitrogen and oxygen atoms in total. The molecule has 2 N–H and O–H groups in total. The molecule has 4 aliphatic rings. The normalized spacial score (nSPS) is 23.3. The second-order valence-electron chi connectivity index (χ2n) is 12.3. The molecule has 0 bridgehead atoms. The number of alkyl halides is 6. The Bertz CT molecular complexity index is 1120. The van der Waals surface area contributed by atoms with Crippen LogP contribution in [0, 0.1) is 17.3 Å². The Morgan fingerprint density at radius 1 is 0.927 bits per heavy atom. The van der Waals surface area contributed by atoms with Gasteiger partial charge in [0.25, 0.3) is 0 Å². The Morgan fingerprint density at radius 2 is 1.59 bits per heavy atom. The van der Waals surface area contributed by atoms with Crippen molar-refractivity contribution in [1.29, 1.82) is 0 Å². The SMILES string of the molecule is OC(NCc1cc(C(F)(F)F)cc(C(F)(F)F)c1)C(CCN1CCC2(C=CC3=C2C=CCC3)CC1)C1CCCCC1. The van der Waals surface area contributed by atoms with Crippen molar-refractivity contribution < 1.29 is 31.4 Å². The Hall–Kier alpha value is -2.10. The number of rotatable bonds is 8. The molecule has 9 heteroatoms. The first-order chi connectivity index (χ1) is 19.4. The number of allylic oxidation sites excluding steroid dienone is 6. The number of hydrogen-bond donors (Lipinski definition) is 2. The molecule has 1 heterocycles. The maximum absolute atomic E-state index is 13.3. The lowest BCUT2D eigenvalue weighted by molar-refractivity contribution is -0.143. The number of piperidine rings is 1. The Morgan fingerprint density at radius 3 is 2.22 bits per heavy atom. The molecule has 0 radical (unpaired) electrons. The van der Waals surface area contributed by atoms with Crippen LogP contribution in [0.1, 0.15) is 80.9 Å². The summed E-state index contributed by atoms with van der Waals surface area (Å²) in [5.41, 5.74) is 0.252. The number of aliphatic hydroxyl groups excluding tert-OH is 1. The van der Waals surface area contributed by atoms with Crippen molar-refractivity contribution in [3.05, 3.63) is 70.3 Å². The molecule has 1 spiro atoms. The third-order valence-corrected chi connectivity index (χ3v) is 9.70. The second kappa shape index (κ2) is 12.3. The van der Waals surface area contributed by atoms with Crippen LogP contribution in [0.3, 0.4) is 0 Å². The summed E-state index contributed by atoms with van der Waals surface area (Å²) in [6.45, 7) is 2.45. The highest BCUT2D eigenvalue weighted by Gasteiger charge is 2.40. The number of aliphatic hydroxyl groups is 1. The van der Waals surface area contributed by atoms with Gasteiger partial charge in [-0.15, -0.1) is 0 Å². The second-order valence-corrected chi connectivity index (χ2v) is 12.3. The molecule has 5 rings (SSSR count). The molecule has 1 aromatic rings. The molecule has 3 aliphatic carbocycles. The molecule has 1 saturated carbocycles. The van der Waals surface area contributed by atoms with Crippen LogP contribution in [-0.2, 0) is 18.9 Å². The standard InChI is InChI=1S/C32H40F6N2O/c33-31(34,35)25-18-22(19-26(20-25)32(36,37)38)21-39-29(41)27(23-6-2-1-3-7-23)11-15-40-16-13-30(14-17-40)12-10-24-8-4-5-9-28(24)30/h5,9-10,12,18-20,23,27,29,39,41H,1-4,6-8,11,13-17,21H2. The summed E-state index contributed by atoms with van der Waals surface area (Å²) in [5, 5.41) is 14.1. The first-order valence-electron chi connectivity index (χ1n) is 15.0. The first kappa shape index (κ1) is 30.4. The minimum atomic E-state index is -4.90. The van der Waals surface area contributed by atoms with E-state index in [1.165, 1.54) is 11.1 Å². The van der Waals surface area contributed by atoms with Gasteiger partial charge in [-0.1, -0.05) is 56.4 Å². The number of nitrogens with one attached hydrogen (secondary N) is 1. The van der Waals surface area contributed by atoms with Crippen LogP contribution in [0.25, 0.3) is 0 Å². The van der Waals surface area contributed by atoms with Crippen LogP contribution in [0.4, 0.5) is 26.3 Å². The summed E-state index contributed by atoms with van der Waals surface area (Å²) >= 11 is 0. The molecule has 1 aromatic carbocycles. The van der Waals surface area contributed by atoms with Crippen molar-refractivity contribution in [1.82, 2.24) is 10.2 Å². The fourth-order valence-electron chi connectivity index (χ4n) is 7.34. The molecule has 1 aliphatic heterocycles. The van der Waals surface area contributed by atoms with Gasteiger partial charge in [-0.3, -0.25) is 5.32 Å². The van der Waals surface area contributed by atoms with Gasteiger partial charge in [-0.25, -0.2) is 0 Å². The maximum Gasteiger partial charge on any atom is 0.416 e. The van der Waals surface area contributed by atoms with Crippen LogP contribution < -0.4 is 5.32 Å². The van der Waals surface area contributed by atoms with E-state index in [-0.39, 0.29) is 35.4 Å². The summed E-state index contributed by atoms with van der Waals surface area (Å²) in [6, 6.07) is 1.60. The molecular formula is C32H40F6N2O. The predicted molar refractivity (Wildman–Crippen MR) is 147 cm³/mol. The molecule has 2 unspecified atom stereocenters. The van der Waals surface area contributed by atoms with E-state index in [2.05, 4.69) is 34.5 Å². The fraction of sp³-hybridized carbons (Fsp3) is 0.625. The molecular weight excluding hydrogens is 542 g/mol. The number of likely N-dealkylation sites (tertiary alicyclic amines) is 1. The van der Waals surface area contributed by atoms with Crippen molar-refractivity contribution in [2.24, 2.45) is 17.3 Å². The summed E-state index contributed by atoms with van der Waals surface area (Å²) in [5.74, 6) is 0.147. The number of benzene rings is 1. The number of halogens is 6. The van der Waals surface area contributed by atoms with Gasteiger partial charge >= 0.3 is 12.4 Å². The minimum Gasteiger partial charge on any atom is -0.378 e. The topological polar surface area (TPSA) is 35.5 Å². The van der Waals surface area contributed by atoms with Crippen LogP contribution in [0.15, 0.2) is 53.6 Å². The van der Waals surface area contributed by atoms with Gasteiger partial charge in [0.15, 0.2) is 0 Å². The lowest BCUT2D eigenvalue weighted by atomic mass is 9.72. The van der Waals surface area contributed by atoms with E-state index >= 15 is 0 Å². The van der Waals surface area contributed by atoms with Gasteiger partial charge in [0.2, 0.25) is 0 Å². The van der Waals surface area contributed by atoms with Crippen molar-refractivity contribution in [3.8, 4) is 0 Å². The van der Waals surface area contributed by atoms with Gasteiger partial charge in [0.1, 0.15) is 6.23 Å². The zero-order chi connectivity index (χ0) is 29.3. The lowest BCUT2D eigenvalue weighted by Gasteiger charge is -2.41. The first-order valence-corrected chi connectivity index (χ1v) is 15.0. The van der Waals surface area contributed by atoms with Crippen molar-refractivity contribution >= 4 is 0 Å². The van der Waals surface area contributed by atoms with Crippen molar-refractivity contribution in [2.45, 2.75) is 89.3 Å². The summed E-state index contributed by atoms with van der Waals surface area (Å²) < 4.78 is 79.9. The van der Waals surface area contributed by atoms with Crippen LogP contribution >= 0.6 is 0 Å². The average molecular weight is 583 g/mol.